The van der Waals surface area contributed by atoms with E-state index in [0.717, 1.165) is 25.7 Å². The van der Waals surface area contributed by atoms with Crippen molar-refractivity contribution >= 4 is 18.3 Å². The summed E-state index contributed by atoms with van der Waals surface area (Å²) in [6, 6.07) is 0.656. The minimum absolute atomic E-state index is 0. The average Bonchev–Trinajstić information content (AvgIpc) is 2.21. The first-order chi connectivity index (χ1) is 7.58. The van der Waals surface area contributed by atoms with Crippen LogP contribution in [0.25, 0.3) is 0 Å². The Labute approximate surface area is 110 Å². The van der Waals surface area contributed by atoms with Crippen LogP contribution in [-0.2, 0) is 9.53 Å². The van der Waals surface area contributed by atoms with Crippen molar-refractivity contribution in [1.29, 1.82) is 0 Å². The number of amides is 1. The number of hydrogen-bond acceptors (Lipinski definition) is 3. The lowest BCUT2D eigenvalue weighted by Gasteiger charge is -2.26. The Balaban J connectivity index is 0.00000256. The number of halogens is 1. The predicted molar refractivity (Wildman–Crippen MR) is 71.3 cm³/mol. The lowest BCUT2D eigenvalue weighted by molar-refractivity contribution is -0.123. The summed E-state index contributed by atoms with van der Waals surface area (Å²) < 4.78 is 5.34. The van der Waals surface area contributed by atoms with E-state index in [1.807, 2.05) is 13.8 Å². The molecule has 1 fully saturated rings. The van der Waals surface area contributed by atoms with E-state index in [2.05, 4.69) is 5.32 Å². The van der Waals surface area contributed by atoms with Gasteiger partial charge in [-0.2, -0.15) is 0 Å². The highest BCUT2D eigenvalue weighted by Gasteiger charge is 2.19. The fourth-order valence-electron chi connectivity index (χ4n) is 1.95. The van der Waals surface area contributed by atoms with Crippen LogP contribution in [0.15, 0.2) is 0 Å². The summed E-state index contributed by atoms with van der Waals surface area (Å²) in [5.74, 6) is 0.0983. The molecule has 1 saturated carbocycles. The third kappa shape index (κ3) is 7.58. The molecular formula is C12H25ClN2O2. The van der Waals surface area contributed by atoms with E-state index in [-0.39, 0.29) is 24.4 Å². The number of nitrogens with one attached hydrogen (secondary N) is 1. The van der Waals surface area contributed by atoms with Gasteiger partial charge in [-0.25, -0.2) is 0 Å². The average molecular weight is 265 g/mol. The molecule has 1 aliphatic rings. The van der Waals surface area contributed by atoms with Crippen LogP contribution < -0.4 is 11.1 Å². The molecule has 5 heteroatoms. The zero-order valence-corrected chi connectivity index (χ0v) is 11.6. The van der Waals surface area contributed by atoms with Crippen molar-refractivity contribution in [3.05, 3.63) is 0 Å². The van der Waals surface area contributed by atoms with Gasteiger partial charge in [-0.1, -0.05) is 0 Å². The molecule has 0 aromatic carbocycles. The van der Waals surface area contributed by atoms with Gasteiger partial charge in [0.2, 0.25) is 5.91 Å². The summed E-state index contributed by atoms with van der Waals surface area (Å²) in [4.78, 5) is 11.6. The summed E-state index contributed by atoms with van der Waals surface area (Å²) in [5.41, 5.74) is 5.81. The van der Waals surface area contributed by atoms with Crippen LogP contribution in [-0.4, -0.2) is 30.7 Å². The van der Waals surface area contributed by atoms with Crippen LogP contribution in [0.3, 0.4) is 0 Å². The van der Waals surface area contributed by atoms with Gasteiger partial charge in [0, 0.05) is 18.5 Å². The van der Waals surface area contributed by atoms with E-state index in [9.17, 15) is 4.79 Å². The van der Waals surface area contributed by atoms with Gasteiger partial charge in [-0.05, 0) is 39.5 Å². The van der Waals surface area contributed by atoms with Gasteiger partial charge < -0.3 is 15.8 Å². The van der Waals surface area contributed by atoms with Gasteiger partial charge in [-0.3, -0.25) is 4.79 Å². The lowest BCUT2D eigenvalue weighted by atomic mass is 9.92. The second-order valence-electron chi connectivity index (χ2n) is 4.85. The quantitative estimate of drug-likeness (QED) is 0.793. The van der Waals surface area contributed by atoms with Gasteiger partial charge in [-0.15, -0.1) is 12.4 Å². The number of nitrogens with two attached hydrogens (primary N) is 1. The molecule has 1 rings (SSSR count). The molecule has 0 heterocycles. The first-order valence-electron chi connectivity index (χ1n) is 6.24. The highest BCUT2D eigenvalue weighted by molar-refractivity contribution is 5.85. The maximum Gasteiger partial charge on any atom is 0.222 e. The van der Waals surface area contributed by atoms with E-state index in [1.165, 1.54) is 0 Å². The summed E-state index contributed by atoms with van der Waals surface area (Å²) in [5, 5.41) is 3.04. The molecule has 4 nitrogen and oxygen atoms in total. The molecule has 0 unspecified atom stereocenters. The maximum absolute atomic E-state index is 11.6. The first kappa shape index (κ1) is 16.7. The van der Waals surface area contributed by atoms with Crippen molar-refractivity contribution in [2.75, 3.05) is 6.61 Å². The van der Waals surface area contributed by atoms with Crippen LogP contribution in [0.5, 0.6) is 0 Å². The summed E-state index contributed by atoms with van der Waals surface area (Å²) >= 11 is 0. The molecule has 1 amide bonds. The van der Waals surface area contributed by atoms with Gasteiger partial charge in [0.25, 0.3) is 0 Å². The highest BCUT2D eigenvalue weighted by Crippen LogP contribution is 2.16. The van der Waals surface area contributed by atoms with E-state index in [1.54, 1.807) is 0 Å². The van der Waals surface area contributed by atoms with Crippen molar-refractivity contribution in [2.45, 2.75) is 64.1 Å². The van der Waals surface area contributed by atoms with Gasteiger partial charge in [0.05, 0.1) is 12.7 Å². The highest BCUT2D eigenvalue weighted by atomic mass is 35.5. The molecule has 17 heavy (non-hydrogen) atoms. The van der Waals surface area contributed by atoms with E-state index >= 15 is 0 Å². The fraction of sp³-hybridized carbons (Fsp3) is 0.917. The van der Waals surface area contributed by atoms with E-state index in [0.29, 0.717) is 25.1 Å². The van der Waals surface area contributed by atoms with Crippen molar-refractivity contribution in [3.8, 4) is 0 Å². The topological polar surface area (TPSA) is 64.3 Å². The Morgan fingerprint density at radius 1 is 1.35 bits per heavy atom. The molecular weight excluding hydrogens is 240 g/mol. The zero-order chi connectivity index (χ0) is 12.0. The van der Waals surface area contributed by atoms with Crippen molar-refractivity contribution in [2.24, 2.45) is 5.73 Å². The minimum atomic E-state index is 0. The molecule has 102 valence electrons. The maximum atomic E-state index is 11.6. The van der Waals surface area contributed by atoms with Gasteiger partial charge in [0.1, 0.15) is 0 Å². The Morgan fingerprint density at radius 3 is 2.47 bits per heavy atom. The SMILES string of the molecule is CC(C)OCCC(=O)NC1CCC(N)CC1.Cl. The van der Waals surface area contributed by atoms with Crippen LogP contribution in [0.2, 0.25) is 0 Å². The molecule has 0 aromatic heterocycles. The summed E-state index contributed by atoms with van der Waals surface area (Å²) in [6.07, 6.45) is 4.72. The molecule has 0 saturated heterocycles. The van der Waals surface area contributed by atoms with Crippen LogP contribution in [0, 0.1) is 0 Å². The lowest BCUT2D eigenvalue weighted by Crippen LogP contribution is -2.40. The Hall–Kier alpha value is -0.320. The fourth-order valence-corrected chi connectivity index (χ4v) is 1.95. The summed E-state index contributed by atoms with van der Waals surface area (Å²) in [6.45, 7) is 4.45. The molecule has 0 aliphatic heterocycles. The molecule has 0 aromatic rings. The number of ether oxygens (including phenoxy) is 1. The minimum Gasteiger partial charge on any atom is -0.378 e. The van der Waals surface area contributed by atoms with Crippen molar-refractivity contribution < 1.29 is 9.53 Å². The van der Waals surface area contributed by atoms with Gasteiger partial charge >= 0.3 is 0 Å². The Bertz CT molecular complexity index is 217. The predicted octanol–water partition coefficient (Wildman–Crippen LogP) is 1.61. The molecule has 0 bridgehead atoms. The van der Waals surface area contributed by atoms with Crippen molar-refractivity contribution in [3.63, 3.8) is 0 Å². The summed E-state index contributed by atoms with van der Waals surface area (Å²) in [7, 11) is 0. The molecule has 0 atom stereocenters. The zero-order valence-electron chi connectivity index (χ0n) is 10.8. The number of carbonyl (C=O) groups is 1. The van der Waals surface area contributed by atoms with Gasteiger partial charge in [0.15, 0.2) is 0 Å². The van der Waals surface area contributed by atoms with Crippen LogP contribution in [0.4, 0.5) is 0 Å². The standard InChI is InChI=1S/C12H24N2O2.ClH/c1-9(2)16-8-7-12(15)14-11-5-3-10(13)4-6-11;/h9-11H,3-8,13H2,1-2H3,(H,14,15);1H. The first-order valence-corrected chi connectivity index (χ1v) is 6.24. The molecule has 0 spiro atoms. The third-order valence-electron chi connectivity index (χ3n) is 2.92. The van der Waals surface area contributed by atoms with Crippen molar-refractivity contribution in [1.82, 2.24) is 5.32 Å². The normalized spacial score (nSPS) is 24.2. The Morgan fingerprint density at radius 2 is 1.94 bits per heavy atom. The third-order valence-corrected chi connectivity index (χ3v) is 2.92. The monoisotopic (exact) mass is 264 g/mol. The number of hydrogen-bond donors (Lipinski definition) is 2. The van der Waals surface area contributed by atoms with E-state index < -0.39 is 0 Å². The largest absolute Gasteiger partial charge is 0.378 e. The number of rotatable bonds is 5. The second kappa shape index (κ2) is 8.72. The van der Waals surface area contributed by atoms with E-state index in [4.69, 9.17) is 10.5 Å². The van der Waals surface area contributed by atoms with Crippen LogP contribution in [0.1, 0.15) is 46.0 Å². The molecule has 3 N–H and O–H groups in total. The Kier molecular flexibility index (Phi) is 8.56. The second-order valence-corrected chi connectivity index (χ2v) is 4.85. The smallest absolute Gasteiger partial charge is 0.222 e. The molecule has 0 radical (unpaired) electrons. The number of carbonyl (C=O) groups excluding carboxylic acids is 1. The molecule has 1 aliphatic carbocycles. The van der Waals surface area contributed by atoms with Crippen LogP contribution >= 0.6 is 12.4 Å².